The third-order valence-electron chi connectivity index (χ3n) is 3.53. The number of aromatic nitrogens is 2. The summed E-state index contributed by atoms with van der Waals surface area (Å²) in [5.74, 6) is -0.494. The van der Waals surface area contributed by atoms with Gasteiger partial charge in [-0.3, -0.25) is 0 Å². The quantitative estimate of drug-likeness (QED) is 0.760. The molecule has 0 fully saturated rings. The predicted molar refractivity (Wildman–Crippen MR) is 82.4 cm³/mol. The van der Waals surface area contributed by atoms with E-state index in [2.05, 4.69) is 4.98 Å². The number of aliphatic hydroxyl groups excluding tert-OH is 1. The molecule has 6 heteroatoms. The first-order valence-corrected chi connectivity index (χ1v) is 7.32. The summed E-state index contributed by atoms with van der Waals surface area (Å²) < 4.78 is 34.1. The van der Waals surface area contributed by atoms with Crippen molar-refractivity contribution in [3.05, 3.63) is 59.9 Å². The van der Waals surface area contributed by atoms with E-state index in [4.69, 9.17) is 4.74 Å². The van der Waals surface area contributed by atoms with Crippen LogP contribution in [0.1, 0.15) is 5.82 Å². The molecule has 120 valence electrons. The molecular weight excluding hydrogens is 302 g/mol. The van der Waals surface area contributed by atoms with Crippen molar-refractivity contribution in [2.45, 2.75) is 13.0 Å². The first-order valence-electron chi connectivity index (χ1n) is 7.32. The Labute approximate surface area is 132 Å². The Balaban J connectivity index is 1.83. The zero-order valence-electron chi connectivity index (χ0n) is 12.4. The van der Waals surface area contributed by atoms with Gasteiger partial charge in [0.1, 0.15) is 11.6 Å². The van der Waals surface area contributed by atoms with Crippen molar-refractivity contribution in [1.29, 1.82) is 0 Å². The summed E-state index contributed by atoms with van der Waals surface area (Å²) in [6.07, 6.45) is 0.465. The minimum atomic E-state index is -0.932. The van der Waals surface area contributed by atoms with Crippen molar-refractivity contribution in [2.24, 2.45) is 0 Å². The molecule has 0 radical (unpaired) electrons. The summed E-state index contributed by atoms with van der Waals surface area (Å²) in [4.78, 5) is 4.33. The van der Waals surface area contributed by atoms with Crippen LogP contribution < -0.4 is 4.74 Å². The maximum atomic E-state index is 13.4. The van der Waals surface area contributed by atoms with Gasteiger partial charge in [-0.15, -0.1) is 0 Å². The molecule has 0 spiro atoms. The normalized spacial score (nSPS) is 11.1. The number of hydrogen-bond acceptors (Lipinski definition) is 3. The SMILES string of the molecule is OCCn1c(CCOc2ccccc2)nc2cc(F)c(F)cc21. The minimum absolute atomic E-state index is 0.114. The molecule has 0 aliphatic heterocycles. The molecule has 3 rings (SSSR count). The smallest absolute Gasteiger partial charge is 0.161 e. The average Bonchev–Trinajstić information content (AvgIpc) is 2.87. The fraction of sp³-hybridized carbons (Fsp3) is 0.235. The number of benzene rings is 2. The van der Waals surface area contributed by atoms with Gasteiger partial charge >= 0.3 is 0 Å². The zero-order chi connectivity index (χ0) is 16.2. The van der Waals surface area contributed by atoms with Gasteiger partial charge in [-0.25, -0.2) is 13.8 Å². The molecule has 1 heterocycles. The highest BCUT2D eigenvalue weighted by Crippen LogP contribution is 2.20. The topological polar surface area (TPSA) is 47.3 Å². The van der Waals surface area contributed by atoms with Crippen LogP contribution in [0.5, 0.6) is 5.75 Å². The lowest BCUT2D eigenvalue weighted by Crippen LogP contribution is -2.11. The van der Waals surface area contributed by atoms with Crippen LogP contribution in [0.3, 0.4) is 0 Å². The van der Waals surface area contributed by atoms with Crippen LogP contribution in [0.15, 0.2) is 42.5 Å². The molecule has 0 aliphatic rings. The lowest BCUT2D eigenvalue weighted by Gasteiger charge is -2.09. The molecule has 0 aliphatic carbocycles. The summed E-state index contributed by atoms with van der Waals surface area (Å²) in [6.45, 7) is 0.531. The van der Waals surface area contributed by atoms with Gasteiger partial charge in [0, 0.05) is 25.1 Å². The molecule has 0 saturated carbocycles. The van der Waals surface area contributed by atoms with Gasteiger partial charge in [0.15, 0.2) is 11.6 Å². The lowest BCUT2D eigenvalue weighted by molar-refractivity contribution is 0.272. The van der Waals surface area contributed by atoms with E-state index in [1.165, 1.54) is 0 Å². The van der Waals surface area contributed by atoms with Crippen LogP contribution in [-0.2, 0) is 13.0 Å². The summed E-state index contributed by atoms with van der Waals surface area (Å²) in [6, 6.07) is 11.5. The van der Waals surface area contributed by atoms with E-state index in [-0.39, 0.29) is 13.2 Å². The fourth-order valence-corrected chi connectivity index (χ4v) is 2.49. The Morgan fingerprint density at radius 2 is 1.83 bits per heavy atom. The van der Waals surface area contributed by atoms with E-state index in [0.29, 0.717) is 29.9 Å². The van der Waals surface area contributed by atoms with E-state index in [0.717, 1.165) is 17.9 Å². The van der Waals surface area contributed by atoms with E-state index < -0.39 is 11.6 Å². The van der Waals surface area contributed by atoms with Crippen molar-refractivity contribution in [2.75, 3.05) is 13.2 Å². The van der Waals surface area contributed by atoms with Gasteiger partial charge in [0.25, 0.3) is 0 Å². The van der Waals surface area contributed by atoms with Gasteiger partial charge in [-0.1, -0.05) is 18.2 Å². The van der Waals surface area contributed by atoms with Crippen LogP contribution in [0.4, 0.5) is 8.78 Å². The molecule has 2 aromatic carbocycles. The number of halogens is 2. The van der Waals surface area contributed by atoms with Crippen LogP contribution in [0.25, 0.3) is 11.0 Å². The maximum Gasteiger partial charge on any atom is 0.161 e. The maximum absolute atomic E-state index is 13.4. The summed E-state index contributed by atoms with van der Waals surface area (Å²) in [5.41, 5.74) is 0.833. The van der Waals surface area contributed by atoms with E-state index in [9.17, 15) is 13.9 Å². The second kappa shape index (κ2) is 6.75. The number of ether oxygens (including phenoxy) is 1. The fourth-order valence-electron chi connectivity index (χ4n) is 2.49. The monoisotopic (exact) mass is 318 g/mol. The number of para-hydroxylation sites is 1. The van der Waals surface area contributed by atoms with Gasteiger partial charge in [0.05, 0.1) is 24.2 Å². The van der Waals surface area contributed by atoms with Crippen molar-refractivity contribution in [3.63, 3.8) is 0 Å². The van der Waals surface area contributed by atoms with Crippen molar-refractivity contribution >= 4 is 11.0 Å². The third-order valence-corrected chi connectivity index (χ3v) is 3.53. The van der Waals surface area contributed by atoms with E-state index in [1.807, 2.05) is 30.3 Å². The summed E-state index contributed by atoms with van der Waals surface area (Å²) in [7, 11) is 0. The molecule has 0 saturated heterocycles. The van der Waals surface area contributed by atoms with Crippen LogP contribution >= 0.6 is 0 Å². The van der Waals surface area contributed by atoms with Crippen molar-refractivity contribution in [3.8, 4) is 5.75 Å². The highest BCUT2D eigenvalue weighted by atomic mass is 19.2. The lowest BCUT2D eigenvalue weighted by atomic mass is 10.3. The Kier molecular flexibility index (Phi) is 4.52. The third kappa shape index (κ3) is 3.32. The van der Waals surface area contributed by atoms with Gasteiger partial charge < -0.3 is 14.4 Å². The van der Waals surface area contributed by atoms with Crippen LogP contribution in [-0.4, -0.2) is 27.9 Å². The molecular formula is C17H16F2N2O2. The Morgan fingerprint density at radius 1 is 1.09 bits per heavy atom. The largest absolute Gasteiger partial charge is 0.493 e. The summed E-state index contributed by atoms with van der Waals surface area (Å²) in [5, 5.41) is 9.20. The molecule has 0 amide bonds. The molecule has 23 heavy (non-hydrogen) atoms. The molecule has 1 N–H and O–H groups in total. The number of fused-ring (bicyclic) bond motifs is 1. The second-order valence-electron chi connectivity index (χ2n) is 5.07. The first kappa shape index (κ1) is 15.4. The molecule has 0 unspecified atom stereocenters. The van der Waals surface area contributed by atoms with Crippen molar-refractivity contribution < 1.29 is 18.6 Å². The summed E-state index contributed by atoms with van der Waals surface area (Å²) >= 11 is 0. The van der Waals surface area contributed by atoms with E-state index >= 15 is 0 Å². The van der Waals surface area contributed by atoms with Crippen LogP contribution in [0.2, 0.25) is 0 Å². The van der Waals surface area contributed by atoms with Gasteiger partial charge in [-0.05, 0) is 12.1 Å². The number of hydrogen-bond donors (Lipinski definition) is 1. The number of nitrogens with zero attached hydrogens (tertiary/aromatic N) is 2. The molecule has 3 aromatic rings. The highest BCUT2D eigenvalue weighted by molar-refractivity contribution is 5.76. The standard InChI is InChI=1S/C17H16F2N2O2/c18-13-10-15-16(11-14(13)19)21(7-8-22)17(20-15)6-9-23-12-4-2-1-3-5-12/h1-5,10-11,22H,6-9H2. The second-order valence-corrected chi connectivity index (χ2v) is 5.07. The van der Waals surface area contributed by atoms with Crippen molar-refractivity contribution in [1.82, 2.24) is 9.55 Å². The van der Waals surface area contributed by atoms with Gasteiger partial charge in [-0.2, -0.15) is 0 Å². The minimum Gasteiger partial charge on any atom is -0.493 e. The Bertz CT molecular complexity index is 803. The molecule has 4 nitrogen and oxygen atoms in total. The van der Waals surface area contributed by atoms with E-state index in [1.54, 1.807) is 4.57 Å². The Morgan fingerprint density at radius 3 is 2.57 bits per heavy atom. The number of aliphatic hydroxyl groups is 1. The Hall–Kier alpha value is -2.47. The first-order chi connectivity index (χ1) is 11.2. The molecule has 0 bridgehead atoms. The predicted octanol–water partition coefficient (Wildman–Crippen LogP) is 2.93. The average molecular weight is 318 g/mol. The number of rotatable bonds is 6. The number of imidazole rings is 1. The zero-order valence-corrected chi connectivity index (χ0v) is 12.4. The molecule has 1 aromatic heterocycles. The van der Waals surface area contributed by atoms with Gasteiger partial charge in [0.2, 0.25) is 0 Å². The van der Waals surface area contributed by atoms with Crippen LogP contribution in [0, 0.1) is 11.6 Å². The molecule has 0 atom stereocenters. The highest BCUT2D eigenvalue weighted by Gasteiger charge is 2.14.